The van der Waals surface area contributed by atoms with E-state index in [9.17, 15) is 18.4 Å². The summed E-state index contributed by atoms with van der Waals surface area (Å²) in [7, 11) is 0. The van der Waals surface area contributed by atoms with Crippen LogP contribution in [0.25, 0.3) is 0 Å². The van der Waals surface area contributed by atoms with Gasteiger partial charge in [-0.15, -0.1) is 12.4 Å². The van der Waals surface area contributed by atoms with Crippen molar-refractivity contribution in [2.75, 3.05) is 19.6 Å². The highest BCUT2D eigenvalue weighted by Crippen LogP contribution is 2.09. The Balaban J connectivity index is 0.00000338. The molecule has 2 aromatic rings. The Kier molecular flexibility index (Phi) is 8.67. The van der Waals surface area contributed by atoms with E-state index in [4.69, 9.17) is 5.73 Å². The third-order valence-corrected chi connectivity index (χ3v) is 3.55. The fraction of sp³-hybridized carbons (Fsp3) is 0.222. The molecule has 0 spiro atoms. The lowest BCUT2D eigenvalue weighted by atomic mass is 10.2. The van der Waals surface area contributed by atoms with Crippen LogP contribution in [0.1, 0.15) is 15.9 Å². The number of carbonyl (C=O) groups is 2. The number of carbonyl (C=O) groups excluding carboxylic acids is 2. The monoisotopic (exact) mass is 383 g/mol. The number of nitrogens with zero attached hydrogens (tertiary/aromatic N) is 1. The average molecular weight is 384 g/mol. The number of nitrogens with one attached hydrogen (secondary N) is 1. The molecular weight excluding hydrogens is 364 g/mol. The lowest BCUT2D eigenvalue weighted by molar-refractivity contribution is -0.130. The van der Waals surface area contributed by atoms with Crippen molar-refractivity contribution >= 4 is 24.2 Å². The fourth-order valence-corrected chi connectivity index (χ4v) is 2.26. The summed E-state index contributed by atoms with van der Waals surface area (Å²) in [6.07, 6.45) is 0. The Hall–Kier alpha value is -2.51. The van der Waals surface area contributed by atoms with Crippen molar-refractivity contribution in [3.05, 3.63) is 71.3 Å². The molecule has 0 radical (unpaired) electrons. The highest BCUT2D eigenvalue weighted by atomic mass is 35.5. The van der Waals surface area contributed by atoms with Gasteiger partial charge in [-0.3, -0.25) is 9.59 Å². The maximum absolute atomic E-state index is 13.2. The van der Waals surface area contributed by atoms with Crippen LogP contribution >= 0.6 is 12.4 Å². The predicted molar refractivity (Wildman–Crippen MR) is 96.9 cm³/mol. The van der Waals surface area contributed by atoms with Crippen molar-refractivity contribution < 1.29 is 18.4 Å². The topological polar surface area (TPSA) is 75.4 Å². The first-order valence-electron chi connectivity index (χ1n) is 7.76. The van der Waals surface area contributed by atoms with Gasteiger partial charge in [0.05, 0.1) is 6.54 Å². The van der Waals surface area contributed by atoms with E-state index in [0.717, 1.165) is 23.8 Å². The van der Waals surface area contributed by atoms with Crippen LogP contribution < -0.4 is 11.1 Å². The first-order chi connectivity index (χ1) is 12.0. The Morgan fingerprint density at radius 1 is 1.04 bits per heavy atom. The minimum atomic E-state index is -1.12. The van der Waals surface area contributed by atoms with Gasteiger partial charge in [-0.2, -0.15) is 0 Å². The summed E-state index contributed by atoms with van der Waals surface area (Å²) < 4.78 is 26.1. The summed E-state index contributed by atoms with van der Waals surface area (Å²) in [4.78, 5) is 25.8. The summed E-state index contributed by atoms with van der Waals surface area (Å²) >= 11 is 0. The zero-order valence-electron chi connectivity index (χ0n) is 14.0. The maximum atomic E-state index is 13.2. The molecule has 8 heteroatoms. The molecule has 0 bridgehead atoms. The number of benzene rings is 2. The molecule has 2 rings (SSSR count). The average Bonchev–Trinajstić information content (AvgIpc) is 2.62. The van der Waals surface area contributed by atoms with Gasteiger partial charge in [-0.1, -0.05) is 30.3 Å². The largest absolute Gasteiger partial charge is 0.343 e. The van der Waals surface area contributed by atoms with E-state index in [-0.39, 0.29) is 37.0 Å². The van der Waals surface area contributed by atoms with Crippen molar-refractivity contribution in [1.82, 2.24) is 10.2 Å². The second-order valence-electron chi connectivity index (χ2n) is 5.40. The van der Waals surface area contributed by atoms with Crippen LogP contribution in [0.3, 0.4) is 0 Å². The molecule has 0 aliphatic carbocycles. The van der Waals surface area contributed by atoms with E-state index in [1.807, 2.05) is 30.3 Å². The molecule has 2 aromatic carbocycles. The van der Waals surface area contributed by atoms with Crippen LogP contribution in [0, 0.1) is 11.6 Å². The van der Waals surface area contributed by atoms with Gasteiger partial charge in [0.2, 0.25) is 5.91 Å². The van der Waals surface area contributed by atoms with Gasteiger partial charge in [-0.25, -0.2) is 8.78 Å². The Morgan fingerprint density at radius 3 is 2.35 bits per heavy atom. The number of nitrogens with two attached hydrogens (primary N) is 1. The molecule has 26 heavy (non-hydrogen) atoms. The standard InChI is InChI=1S/C18H19F2N3O2.ClH/c19-15-7-6-14(10-16(15)20)18(25)22-11-17(24)23(9-8-21)12-13-4-2-1-3-5-13;/h1-7,10H,8-9,11-12,21H2,(H,22,25);1H. The zero-order valence-corrected chi connectivity index (χ0v) is 14.8. The third-order valence-electron chi connectivity index (χ3n) is 3.55. The Bertz CT molecular complexity index is 744. The molecular formula is C18H20ClF2N3O2. The molecule has 0 aromatic heterocycles. The number of hydrogen-bond acceptors (Lipinski definition) is 3. The molecule has 3 N–H and O–H groups in total. The molecule has 0 saturated heterocycles. The zero-order chi connectivity index (χ0) is 18.2. The first-order valence-corrected chi connectivity index (χ1v) is 7.76. The molecule has 0 fully saturated rings. The van der Waals surface area contributed by atoms with Crippen LogP contribution in [0.15, 0.2) is 48.5 Å². The quantitative estimate of drug-likeness (QED) is 0.768. The van der Waals surface area contributed by atoms with E-state index in [1.165, 1.54) is 4.90 Å². The molecule has 0 saturated carbocycles. The second-order valence-corrected chi connectivity index (χ2v) is 5.40. The maximum Gasteiger partial charge on any atom is 0.251 e. The van der Waals surface area contributed by atoms with Crippen LogP contribution in [-0.2, 0) is 11.3 Å². The molecule has 0 aliphatic heterocycles. The molecule has 0 aliphatic rings. The minimum absolute atomic E-state index is 0. The van der Waals surface area contributed by atoms with Crippen molar-refractivity contribution in [2.45, 2.75) is 6.54 Å². The van der Waals surface area contributed by atoms with Crippen molar-refractivity contribution in [3.63, 3.8) is 0 Å². The normalized spacial score (nSPS) is 9.96. The minimum Gasteiger partial charge on any atom is -0.343 e. The summed E-state index contributed by atoms with van der Waals surface area (Å²) in [6.45, 7) is 0.743. The van der Waals surface area contributed by atoms with E-state index >= 15 is 0 Å². The lowest BCUT2D eigenvalue weighted by Gasteiger charge is -2.22. The molecule has 0 heterocycles. The Morgan fingerprint density at radius 2 is 1.73 bits per heavy atom. The number of rotatable bonds is 7. The van der Waals surface area contributed by atoms with Crippen LogP contribution in [-0.4, -0.2) is 36.3 Å². The molecule has 2 amide bonds. The smallest absolute Gasteiger partial charge is 0.251 e. The number of halogens is 3. The van der Waals surface area contributed by atoms with Gasteiger partial charge in [0.25, 0.3) is 5.91 Å². The van der Waals surface area contributed by atoms with Gasteiger partial charge in [0.1, 0.15) is 0 Å². The highest BCUT2D eigenvalue weighted by Gasteiger charge is 2.16. The summed E-state index contributed by atoms with van der Waals surface area (Å²) in [5, 5.41) is 2.41. The predicted octanol–water partition coefficient (Wildman–Crippen LogP) is 2.10. The molecule has 5 nitrogen and oxygen atoms in total. The molecule has 0 unspecified atom stereocenters. The highest BCUT2D eigenvalue weighted by molar-refractivity contribution is 5.96. The van der Waals surface area contributed by atoms with Gasteiger partial charge in [-0.05, 0) is 23.8 Å². The van der Waals surface area contributed by atoms with Crippen molar-refractivity contribution in [2.24, 2.45) is 5.73 Å². The number of amides is 2. The lowest BCUT2D eigenvalue weighted by Crippen LogP contribution is -2.42. The first kappa shape index (κ1) is 21.5. The van der Waals surface area contributed by atoms with Crippen LogP contribution in [0.4, 0.5) is 8.78 Å². The SMILES string of the molecule is Cl.NCCN(Cc1ccccc1)C(=O)CNC(=O)c1ccc(F)c(F)c1. The van der Waals surface area contributed by atoms with Gasteiger partial charge < -0.3 is 16.0 Å². The molecule has 140 valence electrons. The summed E-state index contributed by atoms with van der Waals surface area (Å²) in [5.74, 6) is -3.12. The van der Waals surface area contributed by atoms with E-state index < -0.39 is 17.5 Å². The van der Waals surface area contributed by atoms with E-state index in [2.05, 4.69) is 5.32 Å². The van der Waals surface area contributed by atoms with Crippen molar-refractivity contribution in [1.29, 1.82) is 0 Å². The van der Waals surface area contributed by atoms with Crippen LogP contribution in [0.2, 0.25) is 0 Å². The Labute approximate surface area is 156 Å². The van der Waals surface area contributed by atoms with E-state index in [1.54, 1.807) is 0 Å². The van der Waals surface area contributed by atoms with Gasteiger partial charge in [0, 0.05) is 25.2 Å². The fourth-order valence-electron chi connectivity index (χ4n) is 2.26. The van der Waals surface area contributed by atoms with E-state index in [0.29, 0.717) is 13.1 Å². The number of hydrogen-bond donors (Lipinski definition) is 2. The van der Waals surface area contributed by atoms with Gasteiger partial charge in [0.15, 0.2) is 11.6 Å². The molecule has 0 atom stereocenters. The second kappa shape index (κ2) is 10.5. The third kappa shape index (κ3) is 6.09. The van der Waals surface area contributed by atoms with Crippen LogP contribution in [0.5, 0.6) is 0 Å². The van der Waals surface area contributed by atoms with Gasteiger partial charge >= 0.3 is 0 Å². The van der Waals surface area contributed by atoms with Crippen molar-refractivity contribution in [3.8, 4) is 0 Å². The summed E-state index contributed by atoms with van der Waals surface area (Å²) in [6, 6.07) is 12.2. The summed E-state index contributed by atoms with van der Waals surface area (Å²) in [5.41, 5.74) is 6.43.